The second-order valence-electron chi connectivity index (χ2n) is 10.0. The third-order valence-corrected chi connectivity index (χ3v) is 8.66. The van der Waals surface area contributed by atoms with Crippen LogP contribution in [0, 0.1) is 25.5 Å². The molecule has 1 aliphatic carbocycles. The Hall–Kier alpha value is -3.90. The van der Waals surface area contributed by atoms with Crippen LogP contribution in [-0.2, 0) is 16.9 Å². The highest BCUT2D eigenvalue weighted by atomic mass is 35.5. The molecule has 1 aromatic carbocycles. The molecule has 9 nitrogen and oxygen atoms in total. The minimum Gasteiger partial charge on any atom is -0.347 e. The lowest BCUT2D eigenvalue weighted by Crippen LogP contribution is -2.43. The lowest BCUT2D eigenvalue weighted by molar-refractivity contribution is -0.741. The Balaban J connectivity index is 1.59. The van der Waals surface area contributed by atoms with Gasteiger partial charge in [-0.15, -0.1) is 4.68 Å². The summed E-state index contributed by atoms with van der Waals surface area (Å²) >= 11 is 6.57. The predicted molar refractivity (Wildman–Crippen MR) is 143 cm³/mol. The molecule has 5 rings (SSSR count). The van der Waals surface area contributed by atoms with E-state index in [1.165, 1.54) is 23.0 Å². The van der Waals surface area contributed by atoms with E-state index in [0.29, 0.717) is 23.2 Å². The molecule has 0 spiro atoms. The summed E-state index contributed by atoms with van der Waals surface area (Å²) in [7, 11) is -2.24. The van der Waals surface area contributed by atoms with E-state index in [0.717, 1.165) is 22.5 Å². The molecule has 4 aromatic rings. The number of aromatic nitrogens is 4. The van der Waals surface area contributed by atoms with Gasteiger partial charge in [0.1, 0.15) is 15.6 Å². The van der Waals surface area contributed by atoms with Crippen molar-refractivity contribution in [3.8, 4) is 16.9 Å². The summed E-state index contributed by atoms with van der Waals surface area (Å²) in [6.45, 7) is 3.18. The molecule has 2 N–H and O–H groups in total. The Morgan fingerprint density at radius 3 is 2.52 bits per heavy atom. The highest BCUT2D eigenvalue weighted by Crippen LogP contribution is 2.55. The number of carbonyl (C=O) groups is 1. The van der Waals surface area contributed by atoms with Gasteiger partial charge in [-0.25, -0.2) is 22.0 Å². The van der Waals surface area contributed by atoms with Gasteiger partial charge < -0.3 is 5.73 Å². The maximum absolute atomic E-state index is 16.0. The van der Waals surface area contributed by atoms with E-state index >= 15 is 8.78 Å². The molecule has 1 saturated carbocycles. The summed E-state index contributed by atoms with van der Waals surface area (Å²) < 4.78 is 59.2. The zero-order chi connectivity index (χ0) is 29.3. The number of hydrogen-bond acceptors (Lipinski definition) is 5. The zero-order valence-corrected chi connectivity index (χ0v) is 23.5. The van der Waals surface area contributed by atoms with Gasteiger partial charge in [0.05, 0.1) is 11.9 Å². The first-order valence-corrected chi connectivity index (χ1v) is 14.4. The number of hydrogen-bond donors (Lipinski definition) is 1. The van der Waals surface area contributed by atoms with Crippen molar-refractivity contribution in [3.63, 3.8) is 0 Å². The second kappa shape index (κ2) is 9.63. The normalized spacial score (nSPS) is 16.8. The number of primary amides is 1. The van der Waals surface area contributed by atoms with E-state index in [1.807, 2.05) is 0 Å². The molecule has 1 fully saturated rings. The number of rotatable bonds is 5. The standard InChI is InChI=1S/C27H24ClF2N5O4S/c1-13-10-32-24(16-6-5-7-20(22(16)29)40(4,38)39)23(30)25(13)35-14(2)8-19(21(28)26(35)36)18-9-17(18)15-11-33(3)34(12-15)27(31)37/h5-8,10-12,17-18H,9H2,1-4H3,(H-,31,37)/p+1/t17-,18+/m1/s1. The quantitative estimate of drug-likeness (QED) is 0.357. The Morgan fingerprint density at radius 1 is 1.20 bits per heavy atom. The number of amides is 1. The van der Waals surface area contributed by atoms with Crippen molar-refractivity contribution in [2.45, 2.75) is 37.0 Å². The molecular formula is C27H25ClF2N5O4S+. The van der Waals surface area contributed by atoms with Crippen molar-refractivity contribution < 1.29 is 26.7 Å². The van der Waals surface area contributed by atoms with E-state index in [9.17, 15) is 18.0 Å². The van der Waals surface area contributed by atoms with Gasteiger partial charge in [-0.2, -0.15) is 0 Å². The molecule has 0 radical (unpaired) electrons. The van der Waals surface area contributed by atoms with Crippen LogP contribution in [0.1, 0.15) is 40.6 Å². The summed E-state index contributed by atoms with van der Waals surface area (Å²) in [6, 6.07) is 4.69. The van der Waals surface area contributed by atoms with Crippen LogP contribution in [0.15, 0.2) is 52.5 Å². The molecule has 0 unspecified atom stereocenters. The van der Waals surface area contributed by atoms with Crippen molar-refractivity contribution in [2.75, 3.05) is 6.26 Å². The molecule has 2 atom stereocenters. The van der Waals surface area contributed by atoms with E-state index < -0.39 is 43.7 Å². The number of halogens is 3. The van der Waals surface area contributed by atoms with Crippen molar-refractivity contribution in [1.82, 2.24) is 14.2 Å². The summed E-state index contributed by atoms with van der Waals surface area (Å²) in [6.07, 6.45) is 6.25. The summed E-state index contributed by atoms with van der Waals surface area (Å²) in [4.78, 5) is 28.6. The summed E-state index contributed by atoms with van der Waals surface area (Å²) in [5.74, 6) is -2.22. The number of sulfone groups is 1. The van der Waals surface area contributed by atoms with Crippen LogP contribution in [0.25, 0.3) is 16.9 Å². The molecule has 1 aliphatic rings. The third-order valence-electron chi connectivity index (χ3n) is 7.17. The topological polar surface area (TPSA) is 121 Å². The largest absolute Gasteiger partial charge is 0.372 e. The van der Waals surface area contributed by atoms with Gasteiger partial charge in [-0.3, -0.25) is 14.3 Å². The van der Waals surface area contributed by atoms with Crippen LogP contribution >= 0.6 is 11.6 Å². The van der Waals surface area contributed by atoms with Crippen LogP contribution in [0.4, 0.5) is 13.6 Å². The highest BCUT2D eigenvalue weighted by molar-refractivity contribution is 7.90. The van der Waals surface area contributed by atoms with E-state index in [4.69, 9.17) is 17.3 Å². The molecule has 1 amide bonds. The minimum atomic E-state index is -3.93. The predicted octanol–water partition coefficient (Wildman–Crippen LogP) is 3.68. The Morgan fingerprint density at radius 2 is 1.90 bits per heavy atom. The molecule has 0 saturated heterocycles. The fourth-order valence-corrected chi connectivity index (χ4v) is 6.19. The first-order chi connectivity index (χ1) is 18.7. The van der Waals surface area contributed by atoms with E-state index in [-0.39, 0.29) is 28.1 Å². The number of pyridine rings is 2. The molecule has 3 heterocycles. The van der Waals surface area contributed by atoms with Gasteiger partial charge in [0.25, 0.3) is 5.56 Å². The molecule has 3 aromatic heterocycles. The summed E-state index contributed by atoms with van der Waals surface area (Å²) in [5, 5.41) is -0.0841. The van der Waals surface area contributed by atoms with Gasteiger partial charge in [0.15, 0.2) is 34.7 Å². The van der Waals surface area contributed by atoms with Crippen LogP contribution < -0.4 is 16.0 Å². The highest BCUT2D eigenvalue weighted by Gasteiger charge is 2.44. The van der Waals surface area contributed by atoms with Gasteiger partial charge in [-0.05, 0) is 61.4 Å². The van der Waals surface area contributed by atoms with Crippen LogP contribution in [0.5, 0.6) is 0 Å². The number of carbonyl (C=O) groups excluding carboxylic acids is 1. The minimum absolute atomic E-state index is 0.00930. The monoisotopic (exact) mass is 588 g/mol. The molecule has 40 heavy (non-hydrogen) atoms. The van der Waals surface area contributed by atoms with Gasteiger partial charge in [0, 0.05) is 29.3 Å². The average molecular weight is 589 g/mol. The van der Waals surface area contributed by atoms with Crippen molar-refractivity contribution in [2.24, 2.45) is 12.8 Å². The molecule has 0 aliphatic heterocycles. The molecular weight excluding hydrogens is 564 g/mol. The van der Waals surface area contributed by atoms with Crippen LogP contribution in [-0.4, -0.2) is 34.9 Å². The second-order valence-corrected chi connectivity index (χ2v) is 12.4. The Bertz CT molecular complexity index is 1900. The first kappa shape index (κ1) is 27.7. The lowest BCUT2D eigenvalue weighted by atomic mass is 10.0. The number of nitrogens with two attached hydrogens (primary N) is 1. The Labute approximate surface area is 233 Å². The SMILES string of the molecule is Cc1cnc(-c2cccc(S(C)(=O)=O)c2F)c(F)c1-n1c(C)cc([C@H]2C[C@@H]2c2cn(C(N)=O)[n+](C)c2)c(Cl)c1=O. The van der Waals surface area contributed by atoms with Crippen LogP contribution in [0.3, 0.4) is 0 Å². The fourth-order valence-electron chi connectivity index (χ4n) is 5.15. The maximum atomic E-state index is 16.0. The lowest BCUT2D eigenvalue weighted by Gasteiger charge is -2.18. The van der Waals surface area contributed by atoms with Crippen molar-refractivity contribution >= 4 is 27.5 Å². The average Bonchev–Trinajstić information content (AvgIpc) is 3.56. The Kier molecular flexibility index (Phi) is 6.66. The zero-order valence-electron chi connectivity index (χ0n) is 21.9. The number of aryl methyl sites for hydroxylation is 3. The molecule has 0 bridgehead atoms. The number of benzene rings is 1. The van der Waals surface area contributed by atoms with Gasteiger partial charge >= 0.3 is 6.03 Å². The van der Waals surface area contributed by atoms with Gasteiger partial charge in [0.2, 0.25) is 0 Å². The van der Waals surface area contributed by atoms with Crippen molar-refractivity contribution in [3.05, 3.63) is 92.3 Å². The first-order valence-electron chi connectivity index (χ1n) is 12.2. The smallest absolute Gasteiger partial charge is 0.347 e. The fraction of sp³-hybridized carbons (Fsp3) is 0.259. The molecule has 208 valence electrons. The maximum Gasteiger partial charge on any atom is 0.372 e. The third kappa shape index (κ3) is 4.50. The van der Waals surface area contributed by atoms with E-state index in [2.05, 4.69) is 4.98 Å². The molecule has 13 heteroatoms. The van der Waals surface area contributed by atoms with Crippen LogP contribution in [0.2, 0.25) is 5.02 Å². The van der Waals surface area contributed by atoms with Gasteiger partial charge in [-0.1, -0.05) is 22.3 Å². The van der Waals surface area contributed by atoms with E-state index in [1.54, 1.807) is 44.0 Å². The summed E-state index contributed by atoms with van der Waals surface area (Å²) in [5.41, 5.74) is 5.91. The number of nitrogens with zero attached hydrogens (tertiary/aromatic N) is 4. The van der Waals surface area contributed by atoms with Crippen molar-refractivity contribution in [1.29, 1.82) is 0 Å².